The number of hydrogen-bond acceptors (Lipinski definition) is 10. The van der Waals surface area contributed by atoms with E-state index in [4.69, 9.17) is 14.2 Å². The van der Waals surface area contributed by atoms with Gasteiger partial charge in [0.05, 0.1) is 41.6 Å². The van der Waals surface area contributed by atoms with Gasteiger partial charge in [0, 0.05) is 64.7 Å². The van der Waals surface area contributed by atoms with Gasteiger partial charge in [-0.25, -0.2) is 28.1 Å². The van der Waals surface area contributed by atoms with Crippen molar-refractivity contribution in [3.05, 3.63) is 167 Å². The third-order valence-corrected chi connectivity index (χ3v) is 10.2. The van der Waals surface area contributed by atoms with Gasteiger partial charge in [-0.15, -0.1) is 0 Å². The van der Waals surface area contributed by atoms with E-state index >= 15 is 0 Å². The second-order valence-electron chi connectivity index (χ2n) is 16.7. The third-order valence-electron chi connectivity index (χ3n) is 10.2. The SMILES string of the molecule is CC(C)(C)OC(=O)n1cc(F)c2ccc(Nc3cc(C#N)nc(OCCc4ccc(C(F)(F)F)cc4)c3)cc21.N#Cc1cc(Nc2ccc3c(F)c[nH]c3c2)cc(OCCc2ccc(C(F)(F)F)cc2)n1. The number of carbonyl (C=O) groups is 1. The lowest BCUT2D eigenvalue weighted by molar-refractivity contribution is -0.138. The molecule has 71 heavy (non-hydrogen) atoms. The molecule has 4 aromatic heterocycles. The van der Waals surface area contributed by atoms with Crippen LogP contribution in [-0.4, -0.2) is 44.4 Å². The number of hydrogen-bond donors (Lipinski definition) is 3. The topological polar surface area (TPSA) is 163 Å². The number of nitrogens with one attached hydrogen (secondary N) is 3. The Morgan fingerprint density at radius 3 is 1.58 bits per heavy atom. The van der Waals surface area contributed by atoms with Crippen molar-refractivity contribution in [2.24, 2.45) is 0 Å². The number of aromatic nitrogens is 4. The van der Waals surface area contributed by atoms with E-state index < -0.39 is 41.0 Å². The molecule has 0 saturated carbocycles. The number of nitriles is 2. The fourth-order valence-corrected chi connectivity index (χ4v) is 6.91. The van der Waals surface area contributed by atoms with Gasteiger partial charge in [-0.05, 0) is 105 Å². The zero-order valence-electron chi connectivity index (χ0n) is 37.8. The molecule has 20 heteroatoms. The number of carbonyl (C=O) groups excluding carboxylic acids is 1. The molecule has 0 unspecified atom stereocenters. The van der Waals surface area contributed by atoms with Crippen molar-refractivity contribution in [3.63, 3.8) is 0 Å². The molecule has 0 atom stereocenters. The van der Waals surface area contributed by atoms with Crippen LogP contribution >= 0.6 is 0 Å². The van der Waals surface area contributed by atoms with Gasteiger partial charge in [0.2, 0.25) is 11.8 Å². The molecule has 4 aromatic carbocycles. The smallest absolute Gasteiger partial charge is 0.419 e. The van der Waals surface area contributed by atoms with Gasteiger partial charge in [0.15, 0.2) is 0 Å². The largest absolute Gasteiger partial charge is 0.477 e. The highest BCUT2D eigenvalue weighted by molar-refractivity contribution is 5.92. The molecule has 12 nitrogen and oxygen atoms in total. The summed E-state index contributed by atoms with van der Waals surface area (Å²) in [5, 5.41) is 25.6. The normalized spacial score (nSPS) is 11.6. The average molecular weight is 981 g/mol. The Labute approximate surface area is 400 Å². The van der Waals surface area contributed by atoms with Gasteiger partial charge >= 0.3 is 18.4 Å². The Kier molecular flexibility index (Phi) is 14.8. The molecule has 0 aliphatic rings. The highest BCUT2D eigenvalue weighted by Gasteiger charge is 2.31. The van der Waals surface area contributed by atoms with Gasteiger partial charge in [-0.1, -0.05) is 24.3 Å². The number of anilines is 4. The summed E-state index contributed by atoms with van der Waals surface area (Å²) >= 11 is 0. The number of rotatable bonds is 12. The van der Waals surface area contributed by atoms with Crippen LogP contribution in [0.25, 0.3) is 21.8 Å². The molecular formula is C51H40F8N8O4. The summed E-state index contributed by atoms with van der Waals surface area (Å²) in [7, 11) is 0. The lowest BCUT2D eigenvalue weighted by Gasteiger charge is -2.19. The standard InChI is InChI=1S/C28H24F4N4O3.C23H16F4N4O/c1-27(2,3)39-26(37)36-16-23(29)22-9-8-19(13-24(22)36)34-20-12-21(15-33)35-25(14-20)38-11-10-17-4-6-18(7-5-17)28(30,31)32;24-20-13-29-21-10-16(5-6-19(20)21)30-17-9-18(12-28)31-22(11-17)32-8-7-14-1-3-15(4-2-14)23(25,26)27/h4-9,12-14,16H,10-11H2,1-3H3,(H,34,35);1-6,9-11,13,29H,7-8H2,(H,30,31). The number of halogens is 8. The number of ether oxygens (including phenoxy) is 3. The van der Waals surface area contributed by atoms with Crippen LogP contribution < -0.4 is 20.1 Å². The minimum atomic E-state index is -4.41. The van der Waals surface area contributed by atoms with Crippen LogP contribution in [0.5, 0.6) is 11.8 Å². The van der Waals surface area contributed by atoms with Crippen molar-refractivity contribution in [1.29, 1.82) is 10.5 Å². The lowest BCUT2D eigenvalue weighted by Crippen LogP contribution is -2.26. The lowest BCUT2D eigenvalue weighted by atomic mass is 10.1. The molecule has 364 valence electrons. The maximum Gasteiger partial charge on any atom is 0.419 e. The Hall–Kier alpha value is -8.65. The van der Waals surface area contributed by atoms with E-state index in [1.54, 1.807) is 69.3 Å². The summed E-state index contributed by atoms with van der Waals surface area (Å²) in [6, 6.07) is 29.5. The second kappa shape index (κ2) is 20.9. The molecule has 8 rings (SSSR count). The number of benzene rings is 4. The molecule has 8 aromatic rings. The van der Waals surface area contributed by atoms with Crippen LogP contribution in [0, 0.1) is 34.3 Å². The first kappa shape index (κ1) is 50.2. The van der Waals surface area contributed by atoms with E-state index in [0.29, 0.717) is 57.6 Å². The zero-order valence-corrected chi connectivity index (χ0v) is 37.8. The molecule has 0 bridgehead atoms. The molecular weight excluding hydrogens is 941 g/mol. The van der Waals surface area contributed by atoms with Crippen molar-refractivity contribution >= 4 is 50.6 Å². The van der Waals surface area contributed by atoms with Crippen LogP contribution in [0.4, 0.5) is 62.7 Å². The number of H-pyrrole nitrogens is 1. The van der Waals surface area contributed by atoms with Crippen molar-refractivity contribution < 1.29 is 54.1 Å². The predicted molar refractivity (Wildman–Crippen MR) is 248 cm³/mol. The van der Waals surface area contributed by atoms with Gasteiger partial charge in [-0.2, -0.15) is 36.9 Å². The molecule has 0 aliphatic carbocycles. The Morgan fingerprint density at radius 2 is 1.11 bits per heavy atom. The Morgan fingerprint density at radius 1 is 0.634 bits per heavy atom. The second-order valence-corrected chi connectivity index (χ2v) is 16.7. The molecule has 0 fully saturated rings. The first-order chi connectivity index (χ1) is 33.6. The maximum absolute atomic E-state index is 14.5. The zero-order chi connectivity index (χ0) is 51.1. The summed E-state index contributed by atoms with van der Waals surface area (Å²) in [4.78, 5) is 23.6. The molecule has 4 heterocycles. The molecule has 3 N–H and O–H groups in total. The van der Waals surface area contributed by atoms with Gasteiger partial charge < -0.3 is 29.8 Å². The average Bonchev–Trinajstić information content (AvgIpc) is 3.85. The van der Waals surface area contributed by atoms with Crippen molar-refractivity contribution in [2.75, 3.05) is 23.8 Å². The van der Waals surface area contributed by atoms with Gasteiger partial charge in [-0.3, -0.25) is 0 Å². The minimum absolute atomic E-state index is 0.0637. The number of nitrogens with zero attached hydrogens (tertiary/aromatic N) is 5. The molecule has 0 aliphatic heterocycles. The Bertz CT molecular complexity index is 3280. The minimum Gasteiger partial charge on any atom is -0.477 e. The van der Waals surface area contributed by atoms with E-state index in [1.807, 2.05) is 12.1 Å². The van der Waals surface area contributed by atoms with Crippen LogP contribution in [0.1, 0.15) is 54.4 Å². The van der Waals surface area contributed by atoms with E-state index in [9.17, 15) is 50.4 Å². The van der Waals surface area contributed by atoms with E-state index in [0.717, 1.165) is 35.0 Å². The van der Waals surface area contributed by atoms with Crippen molar-refractivity contribution in [3.8, 4) is 23.9 Å². The molecule has 0 saturated heterocycles. The summed E-state index contributed by atoms with van der Waals surface area (Å²) in [5.74, 6) is -0.592. The summed E-state index contributed by atoms with van der Waals surface area (Å²) < 4.78 is 122. The number of aromatic amines is 1. The molecule has 0 amide bonds. The first-order valence-corrected chi connectivity index (χ1v) is 21.4. The Balaban J connectivity index is 0.000000213. The third kappa shape index (κ3) is 13.3. The quantitative estimate of drug-likeness (QED) is 0.100. The van der Waals surface area contributed by atoms with Crippen LogP contribution in [0.3, 0.4) is 0 Å². The molecule has 0 radical (unpaired) electrons. The number of fused-ring (bicyclic) bond motifs is 2. The van der Waals surface area contributed by atoms with Crippen LogP contribution in [0.2, 0.25) is 0 Å². The van der Waals surface area contributed by atoms with E-state index in [2.05, 4.69) is 25.6 Å². The molecule has 0 spiro atoms. The fourth-order valence-electron chi connectivity index (χ4n) is 6.91. The summed E-state index contributed by atoms with van der Waals surface area (Å²) in [6.45, 7) is 5.40. The van der Waals surface area contributed by atoms with E-state index in [1.165, 1.54) is 42.6 Å². The van der Waals surface area contributed by atoms with E-state index in [-0.39, 0.29) is 53.1 Å². The summed E-state index contributed by atoms with van der Waals surface area (Å²) in [6.07, 6.45) is -6.48. The summed E-state index contributed by atoms with van der Waals surface area (Å²) in [5.41, 5.74) is 2.38. The monoisotopic (exact) mass is 980 g/mol. The fraction of sp³-hybridized carbons (Fsp3) is 0.196. The van der Waals surface area contributed by atoms with Crippen molar-refractivity contribution in [2.45, 2.75) is 51.6 Å². The van der Waals surface area contributed by atoms with Gasteiger partial charge in [0.25, 0.3) is 0 Å². The highest BCUT2D eigenvalue weighted by Crippen LogP contribution is 2.32. The maximum atomic E-state index is 14.5. The van der Waals surface area contributed by atoms with Gasteiger partial charge in [0.1, 0.15) is 40.8 Å². The van der Waals surface area contributed by atoms with Crippen LogP contribution in [0.15, 0.2) is 122 Å². The van der Waals surface area contributed by atoms with Crippen molar-refractivity contribution in [1.82, 2.24) is 19.5 Å². The first-order valence-electron chi connectivity index (χ1n) is 21.4. The number of alkyl halides is 6. The predicted octanol–water partition coefficient (Wildman–Crippen LogP) is 13.2. The highest BCUT2D eigenvalue weighted by atomic mass is 19.4. The number of pyridine rings is 2. The van der Waals surface area contributed by atoms with Crippen LogP contribution in [-0.2, 0) is 29.9 Å².